The van der Waals surface area contributed by atoms with E-state index in [1.54, 1.807) is 22.9 Å². The van der Waals surface area contributed by atoms with Gasteiger partial charge in [-0.05, 0) is 42.2 Å². The second-order valence-electron chi connectivity index (χ2n) is 4.80. The predicted molar refractivity (Wildman–Crippen MR) is 88.4 cm³/mol. The third-order valence-corrected chi connectivity index (χ3v) is 4.54. The number of rotatable bonds is 5. The van der Waals surface area contributed by atoms with Gasteiger partial charge in [-0.2, -0.15) is 5.10 Å². The normalized spacial score (nSPS) is 11.1. The summed E-state index contributed by atoms with van der Waals surface area (Å²) in [6.45, 7) is 1.33. The van der Waals surface area contributed by atoms with E-state index in [2.05, 4.69) is 21.0 Å². The van der Waals surface area contributed by atoms with Gasteiger partial charge in [0.05, 0.1) is 22.8 Å². The average Bonchev–Trinajstić information content (AvgIpc) is 2.80. The van der Waals surface area contributed by atoms with Gasteiger partial charge in [0.1, 0.15) is 5.69 Å². The van der Waals surface area contributed by atoms with Gasteiger partial charge in [0.2, 0.25) is 5.78 Å². The third-order valence-electron chi connectivity index (χ3n) is 2.97. The van der Waals surface area contributed by atoms with E-state index in [9.17, 15) is 4.79 Å². The standard InChI is InChI=1S/C14H14BrCl2N3O/c1-19(2)6-7-20-13(11(16)8-18-20)14(21)9-4-3-5-10(15)12(9)17/h3-5,8H,6-7H2,1-2H3. The van der Waals surface area contributed by atoms with Crippen LogP contribution in [-0.4, -0.2) is 41.1 Å². The molecule has 0 fully saturated rings. The maximum Gasteiger partial charge on any atom is 0.214 e. The molecule has 0 spiro atoms. The smallest absolute Gasteiger partial charge is 0.214 e. The van der Waals surface area contributed by atoms with E-state index in [1.807, 2.05) is 19.0 Å². The second-order valence-corrected chi connectivity index (χ2v) is 6.44. The van der Waals surface area contributed by atoms with Crippen LogP contribution in [0, 0.1) is 0 Å². The van der Waals surface area contributed by atoms with Gasteiger partial charge in [-0.1, -0.05) is 29.3 Å². The highest BCUT2D eigenvalue weighted by Gasteiger charge is 2.22. The summed E-state index contributed by atoms with van der Waals surface area (Å²) in [5, 5.41) is 4.87. The predicted octanol–water partition coefficient (Wildman–Crippen LogP) is 3.75. The minimum absolute atomic E-state index is 0.234. The van der Waals surface area contributed by atoms with Gasteiger partial charge < -0.3 is 4.90 Å². The van der Waals surface area contributed by atoms with Crippen LogP contribution in [0.5, 0.6) is 0 Å². The molecule has 21 heavy (non-hydrogen) atoms. The summed E-state index contributed by atoms with van der Waals surface area (Å²) in [6.07, 6.45) is 1.48. The molecule has 2 aromatic rings. The van der Waals surface area contributed by atoms with E-state index < -0.39 is 0 Å². The number of nitrogens with zero attached hydrogens (tertiary/aromatic N) is 3. The van der Waals surface area contributed by atoms with Crippen molar-refractivity contribution < 1.29 is 4.79 Å². The third kappa shape index (κ3) is 3.66. The molecule has 1 heterocycles. The van der Waals surface area contributed by atoms with Crippen molar-refractivity contribution in [3.63, 3.8) is 0 Å². The van der Waals surface area contributed by atoms with Crippen LogP contribution in [0.2, 0.25) is 10.0 Å². The summed E-state index contributed by atoms with van der Waals surface area (Å²) >= 11 is 15.6. The molecule has 7 heteroatoms. The number of carbonyl (C=O) groups is 1. The molecule has 0 atom stereocenters. The van der Waals surface area contributed by atoms with Crippen LogP contribution in [0.15, 0.2) is 28.9 Å². The minimum Gasteiger partial charge on any atom is -0.308 e. The molecule has 1 aromatic carbocycles. The number of hydrogen-bond donors (Lipinski definition) is 0. The van der Waals surface area contributed by atoms with Crippen LogP contribution in [0.1, 0.15) is 16.1 Å². The Hall–Kier alpha value is -0.880. The molecular formula is C14H14BrCl2N3O. The fourth-order valence-electron chi connectivity index (χ4n) is 1.86. The zero-order valence-corrected chi connectivity index (χ0v) is 14.7. The highest BCUT2D eigenvalue weighted by molar-refractivity contribution is 9.10. The molecule has 112 valence electrons. The van der Waals surface area contributed by atoms with Crippen molar-refractivity contribution in [2.75, 3.05) is 20.6 Å². The van der Waals surface area contributed by atoms with Crippen molar-refractivity contribution in [1.82, 2.24) is 14.7 Å². The molecular weight excluding hydrogens is 377 g/mol. The number of hydrogen-bond acceptors (Lipinski definition) is 3. The number of carbonyl (C=O) groups excluding carboxylic acids is 1. The quantitative estimate of drug-likeness (QED) is 0.729. The number of halogens is 3. The first-order chi connectivity index (χ1) is 9.91. The molecule has 1 aromatic heterocycles. The molecule has 0 bridgehead atoms. The SMILES string of the molecule is CN(C)CCn1ncc(Cl)c1C(=O)c1cccc(Br)c1Cl. The number of ketones is 1. The molecule has 0 amide bonds. The lowest BCUT2D eigenvalue weighted by Gasteiger charge is -2.12. The van der Waals surface area contributed by atoms with Gasteiger partial charge in [-0.25, -0.2) is 0 Å². The molecule has 4 nitrogen and oxygen atoms in total. The topological polar surface area (TPSA) is 38.1 Å². The van der Waals surface area contributed by atoms with E-state index >= 15 is 0 Å². The molecule has 0 saturated heterocycles. The van der Waals surface area contributed by atoms with Crippen molar-refractivity contribution in [2.24, 2.45) is 0 Å². The maximum atomic E-state index is 12.7. The Labute approximate surface area is 141 Å². The highest BCUT2D eigenvalue weighted by atomic mass is 79.9. The maximum absolute atomic E-state index is 12.7. The second kappa shape index (κ2) is 6.92. The van der Waals surface area contributed by atoms with Crippen LogP contribution >= 0.6 is 39.1 Å². The fraction of sp³-hybridized carbons (Fsp3) is 0.286. The molecule has 0 radical (unpaired) electrons. The highest BCUT2D eigenvalue weighted by Crippen LogP contribution is 2.29. The Balaban J connectivity index is 2.39. The number of aromatic nitrogens is 2. The van der Waals surface area contributed by atoms with Crippen molar-refractivity contribution in [2.45, 2.75) is 6.54 Å². The Morgan fingerprint density at radius 3 is 2.76 bits per heavy atom. The molecule has 0 aliphatic rings. The Morgan fingerprint density at radius 2 is 2.10 bits per heavy atom. The molecule has 0 N–H and O–H groups in total. The first kappa shape index (κ1) is 16.5. The lowest BCUT2D eigenvalue weighted by Crippen LogP contribution is -2.22. The van der Waals surface area contributed by atoms with Crippen LogP contribution < -0.4 is 0 Å². The number of benzene rings is 1. The minimum atomic E-state index is -0.234. The largest absolute Gasteiger partial charge is 0.308 e. The molecule has 0 saturated carbocycles. The lowest BCUT2D eigenvalue weighted by molar-refractivity contribution is 0.102. The summed E-state index contributed by atoms with van der Waals surface area (Å²) in [5.41, 5.74) is 0.762. The van der Waals surface area contributed by atoms with E-state index in [0.29, 0.717) is 32.3 Å². The van der Waals surface area contributed by atoms with Crippen LogP contribution in [-0.2, 0) is 6.54 Å². The van der Waals surface area contributed by atoms with Gasteiger partial charge in [-0.15, -0.1) is 0 Å². The zero-order valence-electron chi connectivity index (χ0n) is 11.6. The van der Waals surface area contributed by atoms with Crippen molar-refractivity contribution >= 4 is 44.9 Å². The summed E-state index contributed by atoms with van der Waals surface area (Å²) in [4.78, 5) is 14.7. The zero-order chi connectivity index (χ0) is 15.6. The van der Waals surface area contributed by atoms with Crippen molar-refractivity contribution in [3.05, 3.63) is 50.2 Å². The monoisotopic (exact) mass is 389 g/mol. The van der Waals surface area contributed by atoms with Crippen molar-refractivity contribution in [3.8, 4) is 0 Å². The Bertz CT molecular complexity index is 670. The van der Waals surface area contributed by atoms with Crippen LogP contribution in [0.3, 0.4) is 0 Å². The van der Waals surface area contributed by atoms with E-state index in [4.69, 9.17) is 23.2 Å². The molecule has 2 rings (SSSR count). The molecule has 0 unspecified atom stereocenters. The Kier molecular flexibility index (Phi) is 5.43. The van der Waals surface area contributed by atoms with Gasteiger partial charge in [0, 0.05) is 16.6 Å². The molecule has 0 aliphatic carbocycles. The summed E-state index contributed by atoms with van der Waals surface area (Å²) in [6, 6.07) is 5.22. The first-order valence-electron chi connectivity index (χ1n) is 6.26. The van der Waals surface area contributed by atoms with Crippen LogP contribution in [0.4, 0.5) is 0 Å². The Morgan fingerprint density at radius 1 is 1.38 bits per heavy atom. The average molecular weight is 391 g/mol. The first-order valence-corrected chi connectivity index (χ1v) is 7.81. The van der Waals surface area contributed by atoms with Gasteiger partial charge in [0.15, 0.2) is 0 Å². The van der Waals surface area contributed by atoms with E-state index in [1.165, 1.54) is 6.20 Å². The molecule has 0 aliphatic heterocycles. The van der Waals surface area contributed by atoms with Gasteiger partial charge in [0.25, 0.3) is 0 Å². The van der Waals surface area contributed by atoms with Crippen LogP contribution in [0.25, 0.3) is 0 Å². The summed E-state index contributed by atoms with van der Waals surface area (Å²) in [5.74, 6) is -0.234. The summed E-state index contributed by atoms with van der Waals surface area (Å²) in [7, 11) is 3.91. The van der Waals surface area contributed by atoms with E-state index in [-0.39, 0.29) is 5.78 Å². The van der Waals surface area contributed by atoms with Gasteiger partial charge >= 0.3 is 0 Å². The number of likely N-dealkylation sites (N-methyl/N-ethyl adjacent to an activating group) is 1. The van der Waals surface area contributed by atoms with Crippen molar-refractivity contribution in [1.29, 1.82) is 0 Å². The fourth-order valence-corrected chi connectivity index (χ4v) is 2.66. The lowest BCUT2D eigenvalue weighted by atomic mass is 10.1. The summed E-state index contributed by atoms with van der Waals surface area (Å²) < 4.78 is 2.28. The van der Waals surface area contributed by atoms with E-state index in [0.717, 1.165) is 6.54 Å². The van der Waals surface area contributed by atoms with Gasteiger partial charge in [-0.3, -0.25) is 9.48 Å².